The van der Waals surface area contributed by atoms with E-state index < -0.39 is 0 Å². The quantitative estimate of drug-likeness (QED) is 0.762. The molecule has 0 aromatic heterocycles. The zero-order valence-electron chi connectivity index (χ0n) is 12.5. The third kappa shape index (κ3) is 4.21. The van der Waals surface area contributed by atoms with E-state index in [0.29, 0.717) is 24.5 Å². The average Bonchev–Trinajstić information content (AvgIpc) is 2.46. The molecule has 0 aliphatic heterocycles. The van der Waals surface area contributed by atoms with Crippen molar-refractivity contribution in [1.29, 1.82) is 0 Å². The van der Waals surface area contributed by atoms with Crippen LogP contribution in [0.4, 0.5) is 0 Å². The van der Waals surface area contributed by atoms with Gasteiger partial charge in [-0.2, -0.15) is 0 Å². The van der Waals surface area contributed by atoms with Crippen LogP contribution in [0.1, 0.15) is 30.6 Å². The molecule has 1 aromatic carbocycles. The summed E-state index contributed by atoms with van der Waals surface area (Å²) in [6.45, 7) is 5.20. The van der Waals surface area contributed by atoms with Crippen molar-refractivity contribution < 1.29 is 14.3 Å². The van der Waals surface area contributed by atoms with Crippen LogP contribution in [0.5, 0.6) is 5.75 Å². The Labute approximate surface area is 129 Å². The molecule has 4 nitrogen and oxygen atoms in total. The van der Waals surface area contributed by atoms with Crippen LogP contribution in [-0.2, 0) is 4.74 Å². The highest BCUT2D eigenvalue weighted by molar-refractivity contribution is 9.10. The minimum atomic E-state index is -0.0271. The average molecular weight is 344 g/mol. The van der Waals surface area contributed by atoms with Crippen molar-refractivity contribution >= 4 is 21.8 Å². The summed E-state index contributed by atoms with van der Waals surface area (Å²) in [4.78, 5) is 14.5. The van der Waals surface area contributed by atoms with E-state index >= 15 is 0 Å². The van der Waals surface area contributed by atoms with Gasteiger partial charge in [-0.25, -0.2) is 0 Å². The minimum absolute atomic E-state index is 0.0271. The Kier molecular flexibility index (Phi) is 7.02. The maximum absolute atomic E-state index is 12.7. The third-order valence-corrected chi connectivity index (χ3v) is 3.81. The predicted molar refractivity (Wildman–Crippen MR) is 83.4 cm³/mol. The molecule has 0 radical (unpaired) electrons. The number of hydrogen-bond acceptors (Lipinski definition) is 3. The highest BCUT2D eigenvalue weighted by atomic mass is 79.9. The number of hydrogen-bond donors (Lipinski definition) is 0. The summed E-state index contributed by atoms with van der Waals surface area (Å²) in [7, 11) is 3.21. The summed E-state index contributed by atoms with van der Waals surface area (Å²) in [6.07, 6.45) is 0.897. The number of ether oxygens (including phenoxy) is 2. The number of carbonyl (C=O) groups excluding carboxylic acids is 1. The van der Waals surface area contributed by atoms with Crippen molar-refractivity contribution in [2.24, 2.45) is 0 Å². The molecule has 0 fully saturated rings. The first-order valence-electron chi connectivity index (χ1n) is 6.68. The topological polar surface area (TPSA) is 38.8 Å². The molecule has 20 heavy (non-hydrogen) atoms. The second-order valence-electron chi connectivity index (χ2n) is 4.59. The van der Waals surface area contributed by atoms with Crippen LogP contribution in [0.25, 0.3) is 0 Å². The van der Waals surface area contributed by atoms with Crippen LogP contribution in [-0.4, -0.2) is 44.2 Å². The molecule has 0 aliphatic rings. The fourth-order valence-corrected chi connectivity index (χ4v) is 2.27. The fraction of sp³-hybridized carbons (Fsp3) is 0.533. The van der Waals surface area contributed by atoms with Crippen LogP contribution in [0.2, 0.25) is 0 Å². The van der Waals surface area contributed by atoms with Gasteiger partial charge in [0, 0.05) is 24.2 Å². The summed E-state index contributed by atoms with van der Waals surface area (Å²) in [6, 6.07) is 5.60. The largest absolute Gasteiger partial charge is 0.496 e. The lowest BCUT2D eigenvalue weighted by molar-refractivity contribution is 0.0610. The highest BCUT2D eigenvalue weighted by Gasteiger charge is 2.23. The molecule has 0 bridgehead atoms. The number of carbonyl (C=O) groups is 1. The van der Waals surface area contributed by atoms with Gasteiger partial charge in [-0.3, -0.25) is 4.79 Å². The Balaban J connectivity index is 3.04. The van der Waals surface area contributed by atoms with E-state index in [4.69, 9.17) is 9.47 Å². The second kappa shape index (κ2) is 8.27. The van der Waals surface area contributed by atoms with E-state index in [0.717, 1.165) is 10.9 Å². The summed E-state index contributed by atoms with van der Waals surface area (Å²) >= 11 is 3.38. The molecule has 0 heterocycles. The maximum Gasteiger partial charge on any atom is 0.257 e. The van der Waals surface area contributed by atoms with E-state index in [1.54, 1.807) is 26.4 Å². The Bertz CT molecular complexity index is 451. The molecule has 1 aromatic rings. The van der Waals surface area contributed by atoms with E-state index in [1.807, 2.05) is 17.9 Å². The van der Waals surface area contributed by atoms with Crippen LogP contribution in [0.3, 0.4) is 0 Å². The van der Waals surface area contributed by atoms with Crippen molar-refractivity contribution in [1.82, 2.24) is 4.90 Å². The molecular formula is C15H22BrNO3. The molecule has 1 rings (SSSR count). The van der Waals surface area contributed by atoms with Crippen molar-refractivity contribution in [3.05, 3.63) is 28.2 Å². The number of methoxy groups -OCH3 is 2. The van der Waals surface area contributed by atoms with Gasteiger partial charge >= 0.3 is 0 Å². The lowest BCUT2D eigenvalue weighted by Gasteiger charge is -2.29. The zero-order chi connectivity index (χ0) is 15.1. The number of halogens is 1. The normalized spacial score (nSPS) is 12.1. The molecule has 5 heteroatoms. The Morgan fingerprint density at radius 2 is 2.10 bits per heavy atom. The van der Waals surface area contributed by atoms with Crippen LogP contribution in [0, 0.1) is 0 Å². The molecular weight excluding hydrogens is 322 g/mol. The van der Waals surface area contributed by atoms with Gasteiger partial charge in [0.05, 0.1) is 19.3 Å². The van der Waals surface area contributed by atoms with Crippen molar-refractivity contribution in [2.45, 2.75) is 26.3 Å². The summed E-state index contributed by atoms with van der Waals surface area (Å²) in [5.41, 5.74) is 0.576. The molecule has 1 unspecified atom stereocenters. The highest BCUT2D eigenvalue weighted by Crippen LogP contribution is 2.25. The standard InChI is InChI=1S/C15H22BrNO3/c1-5-11(2)17(8-9-19-3)15(18)13-7-6-12(16)10-14(13)20-4/h6-7,10-11H,5,8-9H2,1-4H3. The first-order chi connectivity index (χ1) is 9.54. The van der Waals surface area contributed by atoms with Gasteiger partial charge < -0.3 is 14.4 Å². The summed E-state index contributed by atoms with van der Waals surface area (Å²) < 4.78 is 11.3. The number of nitrogens with zero attached hydrogens (tertiary/aromatic N) is 1. The van der Waals surface area contributed by atoms with Gasteiger partial charge in [-0.15, -0.1) is 0 Å². The van der Waals surface area contributed by atoms with Gasteiger partial charge in [-0.05, 0) is 31.5 Å². The summed E-state index contributed by atoms with van der Waals surface area (Å²) in [5, 5.41) is 0. The SMILES string of the molecule is CCC(C)N(CCOC)C(=O)c1ccc(Br)cc1OC. The van der Waals surface area contributed by atoms with Crippen molar-refractivity contribution in [3.8, 4) is 5.75 Å². The molecule has 112 valence electrons. The molecule has 0 spiro atoms. The molecule has 1 amide bonds. The maximum atomic E-state index is 12.7. The lowest BCUT2D eigenvalue weighted by Crippen LogP contribution is -2.40. The fourth-order valence-electron chi connectivity index (χ4n) is 1.93. The molecule has 1 atom stereocenters. The third-order valence-electron chi connectivity index (χ3n) is 3.31. The second-order valence-corrected chi connectivity index (χ2v) is 5.51. The van der Waals surface area contributed by atoms with Gasteiger partial charge in [0.25, 0.3) is 5.91 Å². The van der Waals surface area contributed by atoms with Gasteiger partial charge in [0.2, 0.25) is 0 Å². The smallest absolute Gasteiger partial charge is 0.257 e. The van der Waals surface area contributed by atoms with Crippen LogP contribution in [0.15, 0.2) is 22.7 Å². The number of amides is 1. The Hall–Kier alpha value is -1.07. The molecule has 0 aliphatic carbocycles. The van der Waals surface area contributed by atoms with E-state index in [-0.39, 0.29) is 11.9 Å². The van der Waals surface area contributed by atoms with E-state index in [9.17, 15) is 4.79 Å². The van der Waals surface area contributed by atoms with Gasteiger partial charge in [-0.1, -0.05) is 22.9 Å². The predicted octanol–water partition coefficient (Wildman–Crippen LogP) is 3.34. The van der Waals surface area contributed by atoms with Crippen LogP contribution >= 0.6 is 15.9 Å². The Morgan fingerprint density at radius 1 is 1.40 bits per heavy atom. The van der Waals surface area contributed by atoms with Crippen LogP contribution < -0.4 is 4.74 Å². The Morgan fingerprint density at radius 3 is 2.65 bits per heavy atom. The van der Waals surface area contributed by atoms with E-state index in [1.165, 1.54) is 0 Å². The van der Waals surface area contributed by atoms with Crippen molar-refractivity contribution in [3.63, 3.8) is 0 Å². The first-order valence-corrected chi connectivity index (χ1v) is 7.47. The number of benzene rings is 1. The summed E-state index contributed by atoms with van der Waals surface area (Å²) in [5.74, 6) is 0.552. The van der Waals surface area contributed by atoms with Crippen molar-refractivity contribution in [2.75, 3.05) is 27.4 Å². The molecule has 0 saturated heterocycles. The molecule has 0 saturated carbocycles. The monoisotopic (exact) mass is 343 g/mol. The van der Waals surface area contributed by atoms with E-state index in [2.05, 4.69) is 22.9 Å². The number of rotatable bonds is 7. The minimum Gasteiger partial charge on any atom is -0.496 e. The molecule has 0 N–H and O–H groups in total. The lowest BCUT2D eigenvalue weighted by atomic mass is 10.1. The van der Waals surface area contributed by atoms with Gasteiger partial charge in [0.15, 0.2) is 0 Å². The van der Waals surface area contributed by atoms with Gasteiger partial charge in [0.1, 0.15) is 5.75 Å². The zero-order valence-corrected chi connectivity index (χ0v) is 14.1. The first kappa shape index (κ1) is 17.0.